The maximum Gasteiger partial charge on any atom is 0.0606 e. The number of rotatable bonds is 9. The van der Waals surface area contributed by atoms with E-state index in [2.05, 4.69) is 53.3 Å². The Kier molecular flexibility index (Phi) is 11.4. The summed E-state index contributed by atoms with van der Waals surface area (Å²) in [6.07, 6.45) is 7.83. The maximum atomic E-state index is 5.69. The van der Waals surface area contributed by atoms with Gasteiger partial charge in [-0.3, -0.25) is 4.99 Å². The summed E-state index contributed by atoms with van der Waals surface area (Å²) in [6.45, 7) is 17.4. The number of hydrogen-bond acceptors (Lipinski definition) is 2. The zero-order chi connectivity index (χ0) is 15.1. The molecule has 0 saturated carbocycles. The fraction of sp³-hybridized carbons (Fsp3) is 0.824. The average molecular weight is 355 g/mol. The molecule has 0 aliphatic heterocycles. The van der Waals surface area contributed by atoms with E-state index in [1.165, 1.54) is 25.7 Å². The minimum absolute atomic E-state index is 0. The molecule has 0 aromatic heterocycles. The number of nitrogens with zero attached hydrogens (tertiary/aromatic N) is 1. The monoisotopic (exact) mass is 355 g/mol. The Morgan fingerprint density at radius 3 is 1.90 bits per heavy atom. The molecule has 0 amide bonds. The summed E-state index contributed by atoms with van der Waals surface area (Å²) >= 11 is 0. The molecule has 0 aliphatic carbocycles. The predicted octanol–water partition coefficient (Wildman–Crippen LogP) is 5.14. The van der Waals surface area contributed by atoms with Gasteiger partial charge in [-0.2, -0.15) is 0 Å². The van der Waals surface area contributed by atoms with Gasteiger partial charge in [0, 0.05) is 44.3 Å². The molecule has 0 saturated heterocycles. The molecule has 2 nitrogen and oxygen atoms in total. The van der Waals surface area contributed by atoms with Crippen LogP contribution in [0.3, 0.4) is 0 Å². The van der Waals surface area contributed by atoms with Crippen molar-refractivity contribution in [1.29, 1.82) is 0 Å². The van der Waals surface area contributed by atoms with Crippen LogP contribution in [0.1, 0.15) is 73.6 Å². The Bertz CT molecular complexity index is 300. The molecule has 115 valence electrons. The summed E-state index contributed by atoms with van der Waals surface area (Å²) in [6, 6.07) is 0. The molecule has 0 aliphatic rings. The molecule has 0 atom stereocenters. The molecule has 2 N–H and O–H groups in total. The second kappa shape index (κ2) is 10.1. The van der Waals surface area contributed by atoms with E-state index in [0.29, 0.717) is 5.41 Å². The zero-order valence-corrected chi connectivity index (χ0v) is 17.3. The van der Waals surface area contributed by atoms with Gasteiger partial charge in [0.05, 0.1) is 5.70 Å². The van der Waals surface area contributed by atoms with E-state index in [0.717, 1.165) is 18.0 Å². The Morgan fingerprint density at radius 2 is 1.60 bits per heavy atom. The topological polar surface area (TPSA) is 38.4 Å². The average Bonchev–Trinajstić information content (AvgIpc) is 2.28. The van der Waals surface area contributed by atoms with Crippen molar-refractivity contribution in [3.63, 3.8) is 0 Å². The number of hydrogen-bond donors (Lipinski definition) is 1. The van der Waals surface area contributed by atoms with Crippen molar-refractivity contribution < 1.29 is 32.7 Å². The van der Waals surface area contributed by atoms with Crippen molar-refractivity contribution in [2.75, 3.05) is 0 Å². The Hall–Kier alpha value is 0.314. The largest absolute Gasteiger partial charge is 0.403 e. The molecule has 20 heavy (non-hydrogen) atoms. The fourth-order valence-electron chi connectivity index (χ4n) is 3.49. The van der Waals surface area contributed by atoms with Crippen LogP contribution in [0.2, 0.25) is 0 Å². The van der Waals surface area contributed by atoms with Gasteiger partial charge in [0.25, 0.3) is 0 Å². The minimum Gasteiger partial charge on any atom is -0.403 e. The van der Waals surface area contributed by atoms with E-state index >= 15 is 0 Å². The molecule has 0 fully saturated rings. The summed E-state index contributed by atoms with van der Waals surface area (Å²) in [4.78, 5) is 4.10. The summed E-state index contributed by atoms with van der Waals surface area (Å²) in [5, 5.41) is 0. The van der Waals surface area contributed by atoms with Crippen LogP contribution in [-0.4, -0.2) is 6.72 Å². The van der Waals surface area contributed by atoms with Crippen LogP contribution in [0.25, 0.3) is 0 Å². The van der Waals surface area contributed by atoms with Gasteiger partial charge in [0.2, 0.25) is 0 Å². The van der Waals surface area contributed by atoms with Crippen LogP contribution >= 0.6 is 0 Å². The van der Waals surface area contributed by atoms with E-state index in [4.69, 9.17) is 5.73 Å². The predicted molar refractivity (Wildman–Crippen MR) is 87.3 cm³/mol. The van der Waals surface area contributed by atoms with Crippen molar-refractivity contribution in [2.24, 2.45) is 27.5 Å². The van der Waals surface area contributed by atoms with Crippen LogP contribution in [0.15, 0.2) is 16.9 Å². The maximum absolute atomic E-state index is 5.69. The van der Waals surface area contributed by atoms with Crippen molar-refractivity contribution in [3.05, 3.63) is 11.9 Å². The SMILES string of the molecule is C=N/C(=C\N)C(C)(C)CC(C)(C)C(CCC)CCC.[Y]. The van der Waals surface area contributed by atoms with Gasteiger partial charge < -0.3 is 5.73 Å². The molecule has 3 heteroatoms. The van der Waals surface area contributed by atoms with Crippen molar-refractivity contribution >= 4 is 6.72 Å². The molecule has 0 rings (SSSR count). The molecule has 0 aromatic rings. The molecule has 1 radical (unpaired) electrons. The first kappa shape index (κ1) is 22.6. The van der Waals surface area contributed by atoms with E-state index in [1.807, 2.05) is 0 Å². The van der Waals surface area contributed by atoms with Crippen LogP contribution < -0.4 is 5.73 Å². The van der Waals surface area contributed by atoms with E-state index in [9.17, 15) is 0 Å². The first-order chi connectivity index (χ1) is 8.75. The van der Waals surface area contributed by atoms with Crippen LogP contribution in [0.5, 0.6) is 0 Å². The Morgan fingerprint density at radius 1 is 1.15 bits per heavy atom. The van der Waals surface area contributed by atoms with Gasteiger partial charge in [-0.25, -0.2) is 0 Å². The number of aliphatic imine (C=N–C) groups is 1. The second-order valence-electron chi connectivity index (χ2n) is 7.03. The normalized spacial score (nSPS) is 13.2. The molecular weight excluding hydrogens is 321 g/mol. The van der Waals surface area contributed by atoms with Gasteiger partial charge in [-0.1, -0.05) is 67.2 Å². The molecular formula is C17H34N2Y. The first-order valence-electron chi connectivity index (χ1n) is 7.64. The van der Waals surface area contributed by atoms with Gasteiger partial charge in [0.15, 0.2) is 0 Å². The molecule has 0 heterocycles. The summed E-state index contributed by atoms with van der Waals surface area (Å²) in [5.74, 6) is 0.769. The summed E-state index contributed by atoms with van der Waals surface area (Å²) < 4.78 is 0. The third kappa shape index (κ3) is 6.85. The van der Waals surface area contributed by atoms with Gasteiger partial charge >= 0.3 is 0 Å². The van der Waals surface area contributed by atoms with Crippen molar-refractivity contribution in [2.45, 2.75) is 73.6 Å². The van der Waals surface area contributed by atoms with E-state index < -0.39 is 0 Å². The van der Waals surface area contributed by atoms with Crippen LogP contribution in [0, 0.1) is 16.7 Å². The van der Waals surface area contributed by atoms with Gasteiger partial charge in [0.1, 0.15) is 0 Å². The number of allylic oxidation sites excluding steroid dienone is 1. The van der Waals surface area contributed by atoms with Gasteiger partial charge in [-0.15, -0.1) is 0 Å². The third-order valence-electron chi connectivity index (χ3n) is 4.30. The van der Waals surface area contributed by atoms with Crippen molar-refractivity contribution in [3.8, 4) is 0 Å². The molecule has 0 bridgehead atoms. The summed E-state index contributed by atoms with van der Waals surface area (Å²) in [7, 11) is 0. The fourth-order valence-corrected chi connectivity index (χ4v) is 3.49. The number of nitrogens with two attached hydrogens (primary N) is 1. The second-order valence-corrected chi connectivity index (χ2v) is 7.03. The van der Waals surface area contributed by atoms with Gasteiger partial charge in [-0.05, 0) is 24.5 Å². The third-order valence-corrected chi connectivity index (χ3v) is 4.30. The summed E-state index contributed by atoms with van der Waals surface area (Å²) in [5.41, 5.74) is 6.88. The van der Waals surface area contributed by atoms with Crippen LogP contribution in [-0.2, 0) is 32.7 Å². The van der Waals surface area contributed by atoms with Crippen molar-refractivity contribution in [1.82, 2.24) is 0 Å². The molecule has 0 spiro atoms. The molecule has 0 unspecified atom stereocenters. The zero-order valence-electron chi connectivity index (χ0n) is 14.5. The first-order valence-corrected chi connectivity index (χ1v) is 7.64. The smallest absolute Gasteiger partial charge is 0.0606 e. The standard InChI is InChI=1S/C17H34N2.Y/c1-8-10-14(11-9-2)16(3,4)13-17(5,6)15(12-18)19-7;/h12,14H,7-11,13,18H2,1-6H3;/b15-12-;. The molecule has 0 aromatic carbocycles. The Balaban J connectivity index is 0. The van der Waals surface area contributed by atoms with E-state index in [1.54, 1.807) is 6.20 Å². The van der Waals surface area contributed by atoms with Crippen LogP contribution in [0.4, 0.5) is 0 Å². The minimum atomic E-state index is -0.0142. The van der Waals surface area contributed by atoms with E-state index in [-0.39, 0.29) is 38.1 Å². The quantitative estimate of drug-likeness (QED) is 0.571. The Labute approximate surface area is 152 Å².